The van der Waals surface area contributed by atoms with Crippen molar-refractivity contribution in [2.75, 3.05) is 0 Å². The normalized spacial score (nSPS) is 21.1. The maximum absolute atomic E-state index is 6.04. The van der Waals surface area contributed by atoms with Crippen molar-refractivity contribution in [1.82, 2.24) is 14.6 Å². The van der Waals surface area contributed by atoms with Crippen LogP contribution in [0.15, 0.2) is 12.4 Å². The second-order valence-corrected chi connectivity index (χ2v) is 5.06. The van der Waals surface area contributed by atoms with Gasteiger partial charge in [-0.15, -0.1) is 0 Å². The van der Waals surface area contributed by atoms with Crippen LogP contribution in [0.3, 0.4) is 0 Å². The number of fused-ring (bicyclic) bond motifs is 3. The zero-order chi connectivity index (χ0) is 10.0. The molecule has 0 aliphatic heterocycles. The fourth-order valence-corrected chi connectivity index (χ4v) is 2.86. The van der Waals surface area contributed by atoms with Crippen LogP contribution in [0.4, 0.5) is 0 Å². The van der Waals surface area contributed by atoms with Gasteiger partial charge in [0.2, 0.25) is 0 Å². The Bertz CT molecular complexity index is 568. The fourth-order valence-electron chi connectivity index (χ4n) is 2.69. The topological polar surface area (TPSA) is 30.2 Å². The lowest BCUT2D eigenvalue weighted by molar-refractivity contribution is 0.665. The summed E-state index contributed by atoms with van der Waals surface area (Å²) in [5.74, 6) is 0. The molecule has 0 bridgehead atoms. The average Bonchev–Trinajstić information content (AvgIpc) is 2.83. The molecule has 0 radical (unpaired) electrons. The van der Waals surface area contributed by atoms with E-state index in [-0.39, 0.29) is 0 Å². The zero-order valence-electron chi connectivity index (χ0n) is 8.20. The first kappa shape index (κ1) is 8.11. The average molecular weight is 220 g/mol. The van der Waals surface area contributed by atoms with Crippen LogP contribution in [0.5, 0.6) is 0 Å². The number of hydrogen-bond acceptors (Lipinski definition) is 2. The Morgan fingerprint density at radius 1 is 1.33 bits per heavy atom. The van der Waals surface area contributed by atoms with Crippen molar-refractivity contribution in [3.8, 4) is 0 Å². The second-order valence-electron chi connectivity index (χ2n) is 4.66. The minimum atomic E-state index is 0.421. The molecule has 1 spiro atoms. The van der Waals surface area contributed by atoms with Crippen LogP contribution in [-0.2, 0) is 11.8 Å². The van der Waals surface area contributed by atoms with Gasteiger partial charge < -0.3 is 0 Å². The van der Waals surface area contributed by atoms with Crippen LogP contribution in [0.25, 0.3) is 5.65 Å². The highest BCUT2D eigenvalue weighted by molar-refractivity contribution is 6.33. The van der Waals surface area contributed by atoms with Crippen molar-refractivity contribution in [3.05, 3.63) is 28.7 Å². The van der Waals surface area contributed by atoms with E-state index in [1.54, 1.807) is 10.7 Å². The number of aryl methyl sites for hydroxylation is 1. The predicted molar refractivity (Wildman–Crippen MR) is 57.2 cm³/mol. The Balaban J connectivity index is 2.08. The van der Waals surface area contributed by atoms with Crippen LogP contribution < -0.4 is 0 Å². The molecular formula is C11H10ClN3. The molecule has 0 saturated heterocycles. The van der Waals surface area contributed by atoms with Gasteiger partial charge >= 0.3 is 0 Å². The number of halogens is 1. The number of hydrogen-bond donors (Lipinski definition) is 0. The molecule has 0 amide bonds. The maximum Gasteiger partial charge on any atom is 0.174 e. The van der Waals surface area contributed by atoms with Gasteiger partial charge in [-0.25, -0.2) is 9.50 Å². The quantitative estimate of drug-likeness (QED) is 0.681. The van der Waals surface area contributed by atoms with E-state index in [0.717, 1.165) is 12.1 Å². The minimum Gasteiger partial charge on any atom is -0.231 e. The standard InChI is InChI=1S/C11H10ClN3/c12-8-5-13-15-6-7-1-2-11(3-4-11)9(7)14-10(8)15/h5-6H,1-4H2. The smallest absolute Gasteiger partial charge is 0.174 e. The van der Waals surface area contributed by atoms with E-state index >= 15 is 0 Å². The molecule has 2 aliphatic carbocycles. The van der Waals surface area contributed by atoms with Crippen molar-refractivity contribution in [1.29, 1.82) is 0 Å². The molecule has 76 valence electrons. The molecular weight excluding hydrogens is 210 g/mol. The minimum absolute atomic E-state index is 0.421. The summed E-state index contributed by atoms with van der Waals surface area (Å²) in [6, 6.07) is 0. The zero-order valence-corrected chi connectivity index (χ0v) is 8.96. The van der Waals surface area contributed by atoms with E-state index in [4.69, 9.17) is 16.6 Å². The van der Waals surface area contributed by atoms with Crippen molar-refractivity contribution < 1.29 is 0 Å². The molecule has 15 heavy (non-hydrogen) atoms. The number of rotatable bonds is 0. The van der Waals surface area contributed by atoms with Gasteiger partial charge in [-0.2, -0.15) is 5.10 Å². The number of nitrogens with zero attached hydrogens (tertiary/aromatic N) is 3. The summed E-state index contributed by atoms with van der Waals surface area (Å²) in [5.41, 5.74) is 3.88. The van der Waals surface area contributed by atoms with Crippen LogP contribution >= 0.6 is 11.6 Å². The molecule has 2 aliphatic rings. The monoisotopic (exact) mass is 219 g/mol. The molecule has 2 aromatic rings. The van der Waals surface area contributed by atoms with E-state index in [0.29, 0.717) is 10.4 Å². The van der Waals surface area contributed by atoms with Gasteiger partial charge in [0.1, 0.15) is 5.02 Å². The molecule has 4 rings (SSSR count). The third-order valence-corrected chi connectivity index (χ3v) is 4.02. The summed E-state index contributed by atoms with van der Waals surface area (Å²) < 4.78 is 1.79. The van der Waals surface area contributed by atoms with Crippen molar-refractivity contribution in [2.45, 2.75) is 31.1 Å². The molecule has 0 atom stereocenters. The SMILES string of the molecule is Clc1cnn2cc3c(nc12)C1(CC3)CC1. The fraction of sp³-hybridized carbons (Fsp3) is 0.455. The van der Waals surface area contributed by atoms with Crippen LogP contribution in [0.2, 0.25) is 5.02 Å². The van der Waals surface area contributed by atoms with Crippen LogP contribution in [-0.4, -0.2) is 14.6 Å². The molecule has 4 heteroatoms. The molecule has 2 heterocycles. The third-order valence-electron chi connectivity index (χ3n) is 3.75. The Morgan fingerprint density at radius 3 is 3.00 bits per heavy atom. The summed E-state index contributed by atoms with van der Waals surface area (Å²) in [4.78, 5) is 4.70. The van der Waals surface area contributed by atoms with Gasteiger partial charge in [0.25, 0.3) is 0 Å². The van der Waals surface area contributed by atoms with E-state index < -0.39 is 0 Å². The molecule has 3 nitrogen and oxygen atoms in total. The predicted octanol–water partition coefficient (Wildman–Crippen LogP) is 2.36. The Hall–Kier alpha value is -1.09. The van der Waals surface area contributed by atoms with Gasteiger partial charge in [0.15, 0.2) is 5.65 Å². The Kier molecular flexibility index (Phi) is 1.27. The molecule has 0 unspecified atom stereocenters. The molecule has 2 aromatic heterocycles. The van der Waals surface area contributed by atoms with E-state index in [1.165, 1.54) is 30.5 Å². The summed E-state index contributed by atoms with van der Waals surface area (Å²) in [7, 11) is 0. The third kappa shape index (κ3) is 0.918. The summed E-state index contributed by atoms with van der Waals surface area (Å²) >= 11 is 6.04. The lowest BCUT2D eigenvalue weighted by atomic mass is 10.1. The van der Waals surface area contributed by atoms with E-state index in [9.17, 15) is 0 Å². The highest BCUT2D eigenvalue weighted by Gasteiger charge is 2.50. The van der Waals surface area contributed by atoms with E-state index in [1.807, 2.05) is 0 Å². The summed E-state index contributed by atoms with van der Waals surface area (Å²) in [6.07, 6.45) is 8.77. The van der Waals surface area contributed by atoms with Gasteiger partial charge in [-0.1, -0.05) is 11.6 Å². The van der Waals surface area contributed by atoms with Crippen molar-refractivity contribution >= 4 is 17.2 Å². The Labute approximate surface area is 92.1 Å². The second kappa shape index (κ2) is 2.35. The van der Waals surface area contributed by atoms with Gasteiger partial charge in [-0.3, -0.25) is 0 Å². The van der Waals surface area contributed by atoms with Crippen LogP contribution in [0.1, 0.15) is 30.5 Å². The largest absolute Gasteiger partial charge is 0.231 e. The molecule has 1 saturated carbocycles. The first-order valence-electron chi connectivity index (χ1n) is 5.32. The lowest BCUT2D eigenvalue weighted by Crippen LogP contribution is -2.04. The van der Waals surface area contributed by atoms with Gasteiger partial charge in [0, 0.05) is 11.6 Å². The van der Waals surface area contributed by atoms with Gasteiger partial charge in [0.05, 0.1) is 11.9 Å². The molecule has 0 N–H and O–H groups in total. The maximum atomic E-state index is 6.04. The Morgan fingerprint density at radius 2 is 2.20 bits per heavy atom. The lowest BCUT2D eigenvalue weighted by Gasteiger charge is -2.06. The van der Waals surface area contributed by atoms with Crippen LogP contribution in [0, 0.1) is 0 Å². The first-order valence-corrected chi connectivity index (χ1v) is 5.70. The molecule has 1 fully saturated rings. The van der Waals surface area contributed by atoms with Crippen molar-refractivity contribution in [2.24, 2.45) is 0 Å². The number of aromatic nitrogens is 3. The highest BCUT2D eigenvalue weighted by Crippen LogP contribution is 2.55. The highest BCUT2D eigenvalue weighted by atomic mass is 35.5. The van der Waals surface area contributed by atoms with E-state index in [2.05, 4.69) is 11.3 Å². The summed E-state index contributed by atoms with van der Waals surface area (Å²) in [6.45, 7) is 0. The van der Waals surface area contributed by atoms with Crippen molar-refractivity contribution in [3.63, 3.8) is 0 Å². The molecule has 0 aromatic carbocycles. The summed E-state index contributed by atoms with van der Waals surface area (Å²) in [5, 5.41) is 4.84. The van der Waals surface area contributed by atoms with Gasteiger partial charge in [-0.05, 0) is 31.2 Å². The first-order chi connectivity index (χ1) is 7.28.